The molecule has 16 heavy (non-hydrogen) atoms. The quantitative estimate of drug-likeness (QED) is 0.592. The van der Waals surface area contributed by atoms with Gasteiger partial charge in [-0.1, -0.05) is 6.07 Å². The summed E-state index contributed by atoms with van der Waals surface area (Å²) in [5, 5.41) is 0. The van der Waals surface area contributed by atoms with Gasteiger partial charge in [-0.25, -0.2) is 4.79 Å². The number of hydrogen-bond acceptors (Lipinski definition) is 3. The third kappa shape index (κ3) is 2.61. The molecule has 0 bridgehead atoms. The van der Waals surface area contributed by atoms with Gasteiger partial charge in [0.15, 0.2) is 0 Å². The second-order valence-electron chi connectivity index (χ2n) is 2.78. The van der Waals surface area contributed by atoms with Gasteiger partial charge in [-0.15, -0.1) is 0 Å². The van der Waals surface area contributed by atoms with Crippen LogP contribution in [0, 0.1) is 0 Å². The molecule has 1 aromatic rings. The summed E-state index contributed by atoms with van der Waals surface area (Å²) in [5.41, 5.74) is -1.55. The summed E-state index contributed by atoms with van der Waals surface area (Å²) in [4.78, 5) is 13.0. The van der Waals surface area contributed by atoms with Crippen LogP contribution in [0.2, 0.25) is 0 Å². The Morgan fingerprint density at radius 2 is 2.12 bits per heavy atom. The lowest BCUT2D eigenvalue weighted by atomic mass is 10.1. The minimum absolute atomic E-state index is 0.0946. The molecule has 0 radical (unpaired) electrons. The zero-order valence-electron chi connectivity index (χ0n) is 8.34. The molecular weight excluding hydrogens is 223 g/mol. The minimum Gasteiger partial charge on any atom is -0.493 e. The van der Waals surface area contributed by atoms with Crippen LogP contribution in [-0.2, 0) is 11.0 Å². The van der Waals surface area contributed by atoms with Crippen LogP contribution in [0.1, 0.15) is 12.5 Å². The molecule has 0 fully saturated rings. The molecule has 3 nitrogen and oxygen atoms in total. The fraction of sp³-hybridized carbons (Fsp3) is 0.300. The fourth-order valence-electron chi connectivity index (χ4n) is 1.22. The Bertz CT molecular complexity index is 423. The zero-order valence-corrected chi connectivity index (χ0v) is 8.34. The van der Waals surface area contributed by atoms with Gasteiger partial charge < -0.3 is 4.74 Å². The number of nitrogens with zero attached hydrogens (tertiary/aromatic N) is 1. The van der Waals surface area contributed by atoms with Gasteiger partial charge in [-0.3, -0.25) is 0 Å². The first-order valence-electron chi connectivity index (χ1n) is 4.41. The van der Waals surface area contributed by atoms with E-state index in [4.69, 9.17) is 4.74 Å². The topological polar surface area (TPSA) is 38.7 Å². The second kappa shape index (κ2) is 4.81. The average Bonchev–Trinajstić information content (AvgIpc) is 2.17. The summed E-state index contributed by atoms with van der Waals surface area (Å²) >= 11 is 0. The van der Waals surface area contributed by atoms with Crippen LogP contribution >= 0.6 is 0 Å². The maximum atomic E-state index is 12.7. The summed E-state index contributed by atoms with van der Waals surface area (Å²) in [5.74, 6) is -0.341. The molecule has 0 heterocycles. The van der Waals surface area contributed by atoms with Crippen LogP contribution < -0.4 is 4.74 Å². The van der Waals surface area contributed by atoms with Crippen molar-refractivity contribution >= 4 is 11.8 Å². The van der Waals surface area contributed by atoms with E-state index in [0.29, 0.717) is 0 Å². The Morgan fingerprint density at radius 3 is 2.62 bits per heavy atom. The van der Waals surface area contributed by atoms with Crippen molar-refractivity contribution in [3.05, 3.63) is 23.8 Å². The maximum absolute atomic E-state index is 12.7. The SMILES string of the molecule is CCOc1cccc(N=C=O)c1C(F)(F)F. The molecule has 6 heteroatoms. The first-order valence-corrected chi connectivity index (χ1v) is 4.41. The molecule has 0 aliphatic heterocycles. The molecule has 1 rings (SSSR count). The van der Waals surface area contributed by atoms with Gasteiger partial charge in [-0.05, 0) is 19.1 Å². The largest absolute Gasteiger partial charge is 0.493 e. The molecule has 0 N–H and O–H groups in total. The van der Waals surface area contributed by atoms with Crippen molar-refractivity contribution in [2.75, 3.05) is 6.61 Å². The minimum atomic E-state index is -4.62. The Kier molecular flexibility index (Phi) is 3.68. The number of hydrogen-bond donors (Lipinski definition) is 0. The molecule has 0 aliphatic rings. The first kappa shape index (κ1) is 12.3. The monoisotopic (exact) mass is 231 g/mol. The van der Waals surface area contributed by atoms with Crippen LogP contribution in [0.4, 0.5) is 18.9 Å². The lowest BCUT2D eigenvalue weighted by Gasteiger charge is -2.14. The first-order chi connectivity index (χ1) is 7.50. The molecule has 1 aromatic carbocycles. The third-order valence-electron chi connectivity index (χ3n) is 1.75. The predicted molar refractivity (Wildman–Crippen MR) is 50.4 cm³/mol. The summed E-state index contributed by atoms with van der Waals surface area (Å²) in [7, 11) is 0. The molecule has 0 saturated heterocycles. The number of alkyl halides is 3. The summed E-state index contributed by atoms with van der Waals surface area (Å²) in [6, 6.07) is 3.59. The van der Waals surface area contributed by atoms with Gasteiger partial charge in [0.1, 0.15) is 11.3 Å². The highest BCUT2D eigenvalue weighted by atomic mass is 19.4. The van der Waals surface area contributed by atoms with E-state index in [1.54, 1.807) is 6.92 Å². The normalized spacial score (nSPS) is 10.8. The van der Waals surface area contributed by atoms with Crippen LogP contribution in [0.15, 0.2) is 23.2 Å². The molecular formula is C10H8F3NO2. The van der Waals surface area contributed by atoms with Gasteiger partial charge in [-0.2, -0.15) is 18.2 Å². The standard InChI is InChI=1S/C10H8F3NO2/c1-2-16-8-5-3-4-7(14-6-15)9(8)10(11,12)13/h3-5H,2H2,1H3. The number of ether oxygens (including phenoxy) is 1. The van der Waals surface area contributed by atoms with Crippen molar-refractivity contribution in [3.8, 4) is 5.75 Å². The van der Waals surface area contributed by atoms with E-state index in [1.165, 1.54) is 12.1 Å². The molecule has 0 unspecified atom stereocenters. The number of carbonyl (C=O) groups excluding carboxylic acids is 1. The lowest BCUT2D eigenvalue weighted by Crippen LogP contribution is -2.09. The number of benzene rings is 1. The van der Waals surface area contributed by atoms with Gasteiger partial charge >= 0.3 is 6.18 Å². The number of aliphatic imine (C=N–C) groups is 1. The van der Waals surface area contributed by atoms with Crippen molar-refractivity contribution in [3.63, 3.8) is 0 Å². The highest BCUT2D eigenvalue weighted by Gasteiger charge is 2.37. The van der Waals surface area contributed by atoms with Crippen molar-refractivity contribution in [1.82, 2.24) is 0 Å². The smallest absolute Gasteiger partial charge is 0.422 e. The van der Waals surface area contributed by atoms with E-state index in [1.807, 2.05) is 0 Å². The van der Waals surface area contributed by atoms with Crippen molar-refractivity contribution in [2.24, 2.45) is 4.99 Å². The molecule has 0 aromatic heterocycles. The maximum Gasteiger partial charge on any atom is 0.422 e. The third-order valence-corrected chi connectivity index (χ3v) is 1.75. The second-order valence-corrected chi connectivity index (χ2v) is 2.78. The molecule has 0 saturated carbocycles. The van der Waals surface area contributed by atoms with Crippen LogP contribution in [-0.4, -0.2) is 12.7 Å². The van der Waals surface area contributed by atoms with Gasteiger partial charge in [0.05, 0.1) is 12.3 Å². The Morgan fingerprint density at radius 1 is 1.44 bits per heavy atom. The molecule has 0 spiro atoms. The molecule has 0 atom stereocenters. The summed E-state index contributed by atoms with van der Waals surface area (Å²) in [6.45, 7) is 1.66. The van der Waals surface area contributed by atoms with Crippen molar-refractivity contribution < 1.29 is 22.7 Å². The predicted octanol–water partition coefficient (Wildman–Crippen LogP) is 3.07. The highest BCUT2D eigenvalue weighted by molar-refractivity contribution is 5.59. The molecule has 86 valence electrons. The summed E-state index contributed by atoms with van der Waals surface area (Å²) < 4.78 is 42.9. The van der Waals surface area contributed by atoms with Crippen LogP contribution in [0.3, 0.4) is 0 Å². The van der Waals surface area contributed by atoms with Gasteiger partial charge in [0, 0.05) is 0 Å². The van der Waals surface area contributed by atoms with E-state index in [-0.39, 0.29) is 12.4 Å². The van der Waals surface area contributed by atoms with E-state index < -0.39 is 17.4 Å². The zero-order chi connectivity index (χ0) is 12.2. The van der Waals surface area contributed by atoms with Gasteiger partial charge in [0.25, 0.3) is 0 Å². The highest BCUT2D eigenvalue weighted by Crippen LogP contribution is 2.42. The van der Waals surface area contributed by atoms with Crippen molar-refractivity contribution in [2.45, 2.75) is 13.1 Å². The molecule has 0 aliphatic carbocycles. The fourth-order valence-corrected chi connectivity index (χ4v) is 1.22. The number of halogens is 3. The molecule has 0 amide bonds. The Labute approximate surface area is 89.6 Å². The van der Waals surface area contributed by atoms with E-state index >= 15 is 0 Å². The average molecular weight is 231 g/mol. The van der Waals surface area contributed by atoms with Crippen LogP contribution in [0.25, 0.3) is 0 Å². The van der Waals surface area contributed by atoms with E-state index in [9.17, 15) is 18.0 Å². The lowest BCUT2D eigenvalue weighted by molar-refractivity contribution is -0.138. The van der Waals surface area contributed by atoms with Gasteiger partial charge in [0.2, 0.25) is 6.08 Å². The van der Waals surface area contributed by atoms with E-state index in [2.05, 4.69) is 4.99 Å². The Balaban J connectivity index is 3.40. The number of isocyanates is 1. The Hall–Kier alpha value is -1.81. The van der Waals surface area contributed by atoms with Crippen molar-refractivity contribution in [1.29, 1.82) is 0 Å². The summed E-state index contributed by atoms with van der Waals surface area (Å²) in [6.07, 6.45) is -3.54. The van der Waals surface area contributed by atoms with Crippen LogP contribution in [0.5, 0.6) is 5.75 Å². The number of rotatable bonds is 3. The van der Waals surface area contributed by atoms with E-state index in [0.717, 1.165) is 12.1 Å².